The lowest BCUT2D eigenvalue weighted by Crippen LogP contribution is -2.37. The van der Waals surface area contributed by atoms with Crippen molar-refractivity contribution in [1.29, 1.82) is 0 Å². The third kappa shape index (κ3) is 3.35. The second kappa shape index (κ2) is 7.29. The fraction of sp³-hybridized carbons (Fsp3) is 0.316. The van der Waals surface area contributed by atoms with E-state index in [1.807, 2.05) is 46.7 Å². The monoisotopic (exact) mass is 369 g/mol. The highest BCUT2D eigenvalue weighted by atomic mass is 32.1. The van der Waals surface area contributed by atoms with Crippen LogP contribution < -0.4 is 4.74 Å². The maximum Gasteiger partial charge on any atom is 0.263 e. The highest BCUT2D eigenvalue weighted by Gasteiger charge is 2.28. The Kier molecular flexibility index (Phi) is 4.71. The highest BCUT2D eigenvalue weighted by Crippen LogP contribution is 2.29. The number of thiophene rings is 1. The van der Waals surface area contributed by atoms with Crippen LogP contribution in [0.5, 0.6) is 5.75 Å². The summed E-state index contributed by atoms with van der Waals surface area (Å²) in [6.07, 6.45) is 1.67. The van der Waals surface area contributed by atoms with Gasteiger partial charge in [0, 0.05) is 24.6 Å². The van der Waals surface area contributed by atoms with Gasteiger partial charge in [-0.2, -0.15) is 4.98 Å². The number of hydrogen-bond acceptors (Lipinski definition) is 6. The number of benzene rings is 1. The molecule has 26 heavy (non-hydrogen) atoms. The minimum Gasteiger partial charge on any atom is -0.497 e. The molecule has 0 bridgehead atoms. The molecule has 7 heteroatoms. The van der Waals surface area contributed by atoms with E-state index < -0.39 is 0 Å². The van der Waals surface area contributed by atoms with Gasteiger partial charge in [-0.3, -0.25) is 4.79 Å². The zero-order valence-corrected chi connectivity index (χ0v) is 15.2. The first kappa shape index (κ1) is 16.8. The molecule has 1 aliphatic heterocycles. The Labute approximate surface area is 155 Å². The standard InChI is InChI=1S/C19H19N3O3S/c1-24-15-6-4-13(5-7-15)17-20-18(25-21-17)14-8-10-22(11-9-14)19(23)16-3-2-12-26-16/h2-7,12,14H,8-11H2,1H3. The van der Waals surface area contributed by atoms with Crippen molar-refractivity contribution >= 4 is 17.2 Å². The van der Waals surface area contributed by atoms with Gasteiger partial charge in [-0.1, -0.05) is 11.2 Å². The Morgan fingerprint density at radius 3 is 2.65 bits per heavy atom. The lowest BCUT2D eigenvalue weighted by atomic mass is 9.96. The summed E-state index contributed by atoms with van der Waals surface area (Å²) >= 11 is 1.48. The Bertz CT molecular complexity index is 866. The molecule has 0 unspecified atom stereocenters. The number of carbonyl (C=O) groups is 1. The van der Waals surface area contributed by atoms with Crippen LogP contribution >= 0.6 is 11.3 Å². The van der Waals surface area contributed by atoms with Gasteiger partial charge < -0.3 is 14.2 Å². The van der Waals surface area contributed by atoms with Gasteiger partial charge in [-0.05, 0) is 48.6 Å². The Morgan fingerprint density at radius 1 is 1.23 bits per heavy atom. The van der Waals surface area contributed by atoms with Gasteiger partial charge in [-0.25, -0.2) is 0 Å². The van der Waals surface area contributed by atoms with E-state index in [-0.39, 0.29) is 11.8 Å². The smallest absolute Gasteiger partial charge is 0.263 e. The van der Waals surface area contributed by atoms with E-state index >= 15 is 0 Å². The van der Waals surface area contributed by atoms with E-state index in [9.17, 15) is 4.79 Å². The molecule has 0 N–H and O–H groups in total. The minimum atomic E-state index is 0.114. The molecule has 0 aliphatic carbocycles. The van der Waals surface area contributed by atoms with E-state index in [0.717, 1.165) is 29.0 Å². The van der Waals surface area contributed by atoms with Crippen LogP contribution in [0.15, 0.2) is 46.3 Å². The van der Waals surface area contributed by atoms with Crippen LogP contribution in [0.2, 0.25) is 0 Å². The number of ether oxygens (including phenoxy) is 1. The van der Waals surface area contributed by atoms with Crippen LogP contribution in [-0.4, -0.2) is 41.1 Å². The normalized spacial score (nSPS) is 15.2. The van der Waals surface area contributed by atoms with Crippen LogP contribution in [0, 0.1) is 0 Å². The summed E-state index contributed by atoms with van der Waals surface area (Å²) in [5.41, 5.74) is 0.895. The van der Waals surface area contributed by atoms with E-state index in [0.29, 0.717) is 24.8 Å². The fourth-order valence-corrected chi connectivity index (χ4v) is 3.83. The maximum absolute atomic E-state index is 12.4. The summed E-state index contributed by atoms with van der Waals surface area (Å²) in [5.74, 6) is 2.34. The van der Waals surface area contributed by atoms with Gasteiger partial charge in [-0.15, -0.1) is 11.3 Å². The molecular formula is C19H19N3O3S. The van der Waals surface area contributed by atoms with Crippen molar-refractivity contribution in [3.8, 4) is 17.1 Å². The molecule has 4 rings (SSSR count). The van der Waals surface area contributed by atoms with Crippen molar-refractivity contribution in [3.63, 3.8) is 0 Å². The molecule has 6 nitrogen and oxygen atoms in total. The molecule has 1 aliphatic rings. The molecule has 134 valence electrons. The van der Waals surface area contributed by atoms with Crippen molar-refractivity contribution < 1.29 is 14.1 Å². The van der Waals surface area contributed by atoms with Crippen molar-refractivity contribution in [1.82, 2.24) is 15.0 Å². The minimum absolute atomic E-state index is 0.114. The van der Waals surface area contributed by atoms with Crippen molar-refractivity contribution in [2.75, 3.05) is 20.2 Å². The quantitative estimate of drug-likeness (QED) is 0.699. The van der Waals surface area contributed by atoms with Crippen LogP contribution in [-0.2, 0) is 0 Å². The molecule has 0 atom stereocenters. The van der Waals surface area contributed by atoms with Gasteiger partial charge in [0.1, 0.15) is 5.75 Å². The molecule has 3 heterocycles. The number of likely N-dealkylation sites (tertiary alicyclic amines) is 1. The van der Waals surface area contributed by atoms with Crippen molar-refractivity contribution in [2.24, 2.45) is 0 Å². The Morgan fingerprint density at radius 2 is 2.00 bits per heavy atom. The summed E-state index contributed by atoms with van der Waals surface area (Å²) in [6, 6.07) is 11.4. The van der Waals surface area contributed by atoms with Crippen molar-refractivity contribution in [3.05, 3.63) is 52.5 Å². The topological polar surface area (TPSA) is 68.5 Å². The highest BCUT2D eigenvalue weighted by molar-refractivity contribution is 7.12. The Hall–Kier alpha value is -2.67. The number of amides is 1. The summed E-state index contributed by atoms with van der Waals surface area (Å²) < 4.78 is 10.7. The third-order valence-electron chi connectivity index (χ3n) is 4.65. The van der Waals surface area contributed by atoms with Crippen LogP contribution in [0.4, 0.5) is 0 Å². The molecule has 1 amide bonds. The number of nitrogens with zero attached hydrogens (tertiary/aromatic N) is 3. The predicted molar refractivity (Wildman–Crippen MR) is 98.5 cm³/mol. The molecule has 1 aromatic carbocycles. The summed E-state index contributed by atoms with van der Waals surface area (Å²) in [5, 5.41) is 6.04. The fourth-order valence-electron chi connectivity index (χ4n) is 3.14. The van der Waals surface area contributed by atoms with E-state index in [2.05, 4.69) is 10.1 Å². The van der Waals surface area contributed by atoms with Crippen LogP contribution in [0.1, 0.15) is 34.3 Å². The second-order valence-corrected chi connectivity index (χ2v) is 7.18. The van der Waals surface area contributed by atoms with Gasteiger partial charge in [0.25, 0.3) is 5.91 Å². The van der Waals surface area contributed by atoms with Gasteiger partial charge in [0.15, 0.2) is 0 Å². The molecule has 1 saturated heterocycles. The van der Waals surface area contributed by atoms with Gasteiger partial charge >= 0.3 is 0 Å². The molecule has 0 saturated carbocycles. The first-order chi connectivity index (χ1) is 12.7. The lowest BCUT2D eigenvalue weighted by Gasteiger charge is -2.30. The number of methoxy groups -OCH3 is 1. The van der Waals surface area contributed by atoms with Crippen LogP contribution in [0.3, 0.4) is 0 Å². The second-order valence-electron chi connectivity index (χ2n) is 6.23. The molecule has 0 spiro atoms. The SMILES string of the molecule is COc1ccc(-c2noc(C3CCN(C(=O)c4cccs4)CC3)n2)cc1. The average molecular weight is 369 g/mol. The number of hydrogen-bond donors (Lipinski definition) is 0. The first-order valence-corrected chi connectivity index (χ1v) is 9.43. The maximum atomic E-state index is 12.4. The summed E-state index contributed by atoms with van der Waals surface area (Å²) in [4.78, 5) is 19.7. The van der Waals surface area contributed by atoms with Crippen molar-refractivity contribution in [2.45, 2.75) is 18.8 Å². The summed E-state index contributed by atoms with van der Waals surface area (Å²) in [6.45, 7) is 1.42. The third-order valence-corrected chi connectivity index (χ3v) is 5.51. The lowest BCUT2D eigenvalue weighted by molar-refractivity contribution is 0.0709. The average Bonchev–Trinajstić information content (AvgIpc) is 3.40. The Balaban J connectivity index is 1.40. The van der Waals surface area contributed by atoms with E-state index in [4.69, 9.17) is 9.26 Å². The molecular weight excluding hydrogens is 350 g/mol. The number of rotatable bonds is 4. The van der Waals surface area contributed by atoms with Gasteiger partial charge in [0.2, 0.25) is 11.7 Å². The molecule has 2 aromatic heterocycles. The zero-order chi connectivity index (χ0) is 17.9. The molecule has 3 aromatic rings. The number of aromatic nitrogens is 2. The van der Waals surface area contributed by atoms with E-state index in [1.54, 1.807) is 7.11 Å². The molecule has 0 radical (unpaired) electrons. The zero-order valence-electron chi connectivity index (χ0n) is 14.4. The largest absolute Gasteiger partial charge is 0.497 e. The first-order valence-electron chi connectivity index (χ1n) is 8.55. The number of carbonyl (C=O) groups excluding carboxylic acids is 1. The van der Waals surface area contributed by atoms with Crippen LogP contribution in [0.25, 0.3) is 11.4 Å². The number of piperidine rings is 1. The predicted octanol–water partition coefficient (Wildman–Crippen LogP) is 3.83. The van der Waals surface area contributed by atoms with Gasteiger partial charge in [0.05, 0.1) is 12.0 Å². The summed E-state index contributed by atoms with van der Waals surface area (Å²) in [7, 11) is 1.64. The van der Waals surface area contributed by atoms with E-state index in [1.165, 1.54) is 11.3 Å². The molecule has 1 fully saturated rings.